The Morgan fingerprint density at radius 1 is 1.50 bits per heavy atom. The molecule has 0 aromatic carbocycles. The molecule has 0 spiro atoms. The van der Waals surface area contributed by atoms with Crippen molar-refractivity contribution in [3.8, 4) is 6.07 Å². The predicted octanol–water partition coefficient (Wildman–Crippen LogP) is 1.45. The Kier molecular flexibility index (Phi) is 4.49. The van der Waals surface area contributed by atoms with Crippen molar-refractivity contribution in [3.63, 3.8) is 0 Å². The molecule has 1 amide bonds. The fourth-order valence-corrected chi connectivity index (χ4v) is 1.87. The van der Waals surface area contributed by atoms with Crippen LogP contribution in [0.2, 0.25) is 0 Å². The van der Waals surface area contributed by atoms with Crippen molar-refractivity contribution in [1.29, 1.82) is 5.26 Å². The zero-order chi connectivity index (χ0) is 13.9. The number of aromatic nitrogens is 2. The minimum Gasteiger partial charge on any atom is -0.351 e. The summed E-state index contributed by atoms with van der Waals surface area (Å²) in [6, 6.07) is 2.04. The number of carbonyl (C=O) groups excluding carboxylic acids is 1. The smallest absolute Gasteiger partial charge is 0.237 e. The van der Waals surface area contributed by atoms with Gasteiger partial charge in [-0.2, -0.15) is 10.4 Å². The van der Waals surface area contributed by atoms with Crippen LogP contribution in [0.15, 0.2) is 0 Å². The summed E-state index contributed by atoms with van der Waals surface area (Å²) in [4.78, 5) is 11.9. The molecule has 1 aromatic heterocycles. The molecular formula is C13H20N4O. The molecule has 1 N–H and O–H groups in total. The summed E-state index contributed by atoms with van der Waals surface area (Å²) in [5.74, 6) is -0.788. The number of nitrogens with one attached hydrogen (secondary N) is 1. The Hall–Kier alpha value is -1.83. The molecule has 5 nitrogen and oxygen atoms in total. The highest BCUT2D eigenvalue weighted by Gasteiger charge is 2.21. The average Bonchev–Trinajstić information content (AvgIpc) is 2.51. The number of amides is 1. The number of nitriles is 1. The first kappa shape index (κ1) is 14.2. The van der Waals surface area contributed by atoms with E-state index in [2.05, 4.69) is 10.4 Å². The molecule has 0 saturated carbocycles. The second-order valence-electron chi connectivity index (χ2n) is 4.84. The summed E-state index contributed by atoms with van der Waals surface area (Å²) >= 11 is 0. The molecule has 98 valence electrons. The first-order valence-electron chi connectivity index (χ1n) is 6.04. The van der Waals surface area contributed by atoms with Gasteiger partial charge in [0.1, 0.15) is 5.92 Å². The molecule has 0 aliphatic rings. The van der Waals surface area contributed by atoms with E-state index >= 15 is 0 Å². The van der Waals surface area contributed by atoms with Crippen LogP contribution in [0.3, 0.4) is 0 Å². The summed E-state index contributed by atoms with van der Waals surface area (Å²) < 4.78 is 1.79. The Labute approximate surface area is 108 Å². The minimum absolute atomic E-state index is 0.0195. The number of aryl methyl sites for hydroxylation is 2. The van der Waals surface area contributed by atoms with Crippen molar-refractivity contribution in [2.24, 2.45) is 18.9 Å². The number of rotatable bonds is 4. The first-order chi connectivity index (χ1) is 8.38. The molecule has 0 radical (unpaired) electrons. The van der Waals surface area contributed by atoms with Gasteiger partial charge in [-0.25, -0.2) is 0 Å². The Morgan fingerprint density at radius 3 is 2.50 bits per heavy atom. The Balaban J connectivity index is 2.71. The van der Waals surface area contributed by atoms with Gasteiger partial charge in [0.15, 0.2) is 0 Å². The molecular weight excluding hydrogens is 228 g/mol. The van der Waals surface area contributed by atoms with Crippen LogP contribution in [-0.4, -0.2) is 15.7 Å². The SMILES string of the molecule is Cc1nn(C)c(C)c1CNC(=O)C(C#N)C(C)C. The Bertz CT molecular complexity index is 482. The molecule has 0 aliphatic carbocycles. The lowest BCUT2D eigenvalue weighted by Crippen LogP contribution is -2.32. The van der Waals surface area contributed by atoms with Gasteiger partial charge in [0.05, 0.1) is 11.8 Å². The summed E-state index contributed by atoms with van der Waals surface area (Å²) in [6.07, 6.45) is 0. The van der Waals surface area contributed by atoms with E-state index in [1.165, 1.54) is 0 Å². The number of hydrogen-bond acceptors (Lipinski definition) is 3. The lowest BCUT2D eigenvalue weighted by atomic mass is 9.96. The van der Waals surface area contributed by atoms with Gasteiger partial charge in [-0.3, -0.25) is 9.48 Å². The van der Waals surface area contributed by atoms with E-state index in [1.54, 1.807) is 4.68 Å². The minimum atomic E-state index is -0.595. The van der Waals surface area contributed by atoms with E-state index in [0.29, 0.717) is 6.54 Å². The molecule has 0 fully saturated rings. The average molecular weight is 248 g/mol. The molecule has 0 saturated heterocycles. The largest absolute Gasteiger partial charge is 0.351 e. The van der Waals surface area contributed by atoms with Crippen molar-refractivity contribution < 1.29 is 4.79 Å². The monoisotopic (exact) mass is 248 g/mol. The fraction of sp³-hybridized carbons (Fsp3) is 0.615. The van der Waals surface area contributed by atoms with Crippen LogP contribution < -0.4 is 5.32 Å². The van der Waals surface area contributed by atoms with E-state index in [9.17, 15) is 4.79 Å². The molecule has 5 heteroatoms. The van der Waals surface area contributed by atoms with Crippen LogP contribution in [-0.2, 0) is 18.4 Å². The van der Waals surface area contributed by atoms with Gasteiger partial charge in [0, 0.05) is 24.8 Å². The maximum absolute atomic E-state index is 11.9. The van der Waals surface area contributed by atoms with Gasteiger partial charge in [-0.15, -0.1) is 0 Å². The van der Waals surface area contributed by atoms with Gasteiger partial charge in [-0.05, 0) is 19.8 Å². The van der Waals surface area contributed by atoms with Gasteiger partial charge < -0.3 is 5.32 Å². The Morgan fingerprint density at radius 2 is 2.11 bits per heavy atom. The van der Waals surface area contributed by atoms with Crippen LogP contribution >= 0.6 is 0 Å². The normalized spacial score (nSPS) is 12.3. The third-order valence-electron chi connectivity index (χ3n) is 3.19. The number of hydrogen-bond donors (Lipinski definition) is 1. The molecule has 1 unspecified atom stereocenters. The van der Waals surface area contributed by atoms with E-state index in [1.807, 2.05) is 40.8 Å². The molecule has 0 bridgehead atoms. The topological polar surface area (TPSA) is 70.7 Å². The van der Waals surface area contributed by atoms with E-state index in [4.69, 9.17) is 5.26 Å². The summed E-state index contributed by atoms with van der Waals surface area (Å²) in [5, 5.41) is 16.1. The maximum Gasteiger partial charge on any atom is 0.237 e. The third kappa shape index (κ3) is 2.89. The molecule has 1 atom stereocenters. The van der Waals surface area contributed by atoms with Gasteiger partial charge >= 0.3 is 0 Å². The lowest BCUT2D eigenvalue weighted by Gasteiger charge is -2.13. The highest BCUT2D eigenvalue weighted by atomic mass is 16.1. The summed E-state index contributed by atoms with van der Waals surface area (Å²) in [5.41, 5.74) is 2.96. The molecule has 1 aromatic rings. The van der Waals surface area contributed by atoms with E-state index < -0.39 is 5.92 Å². The highest BCUT2D eigenvalue weighted by molar-refractivity contribution is 5.81. The quantitative estimate of drug-likeness (QED) is 0.876. The van der Waals surface area contributed by atoms with Crippen LogP contribution in [0.25, 0.3) is 0 Å². The van der Waals surface area contributed by atoms with E-state index in [-0.39, 0.29) is 11.8 Å². The van der Waals surface area contributed by atoms with Crippen LogP contribution in [0.1, 0.15) is 30.8 Å². The zero-order valence-corrected chi connectivity index (χ0v) is 11.6. The predicted molar refractivity (Wildman–Crippen MR) is 68.5 cm³/mol. The maximum atomic E-state index is 11.9. The fourth-order valence-electron chi connectivity index (χ4n) is 1.87. The lowest BCUT2D eigenvalue weighted by molar-refractivity contribution is -0.124. The van der Waals surface area contributed by atoms with Crippen molar-refractivity contribution >= 4 is 5.91 Å². The van der Waals surface area contributed by atoms with Crippen LogP contribution in [0.4, 0.5) is 0 Å². The van der Waals surface area contributed by atoms with Crippen molar-refractivity contribution in [2.75, 3.05) is 0 Å². The first-order valence-corrected chi connectivity index (χ1v) is 6.04. The van der Waals surface area contributed by atoms with Crippen LogP contribution in [0, 0.1) is 37.0 Å². The third-order valence-corrected chi connectivity index (χ3v) is 3.19. The van der Waals surface area contributed by atoms with Gasteiger partial charge in [0.25, 0.3) is 0 Å². The van der Waals surface area contributed by atoms with Crippen molar-refractivity contribution in [2.45, 2.75) is 34.2 Å². The van der Waals surface area contributed by atoms with Crippen LogP contribution in [0.5, 0.6) is 0 Å². The van der Waals surface area contributed by atoms with Crippen molar-refractivity contribution in [1.82, 2.24) is 15.1 Å². The second kappa shape index (κ2) is 5.67. The van der Waals surface area contributed by atoms with Crippen molar-refractivity contribution in [3.05, 3.63) is 17.0 Å². The standard InChI is InChI=1S/C13H20N4O/c1-8(2)11(6-14)13(18)15-7-12-9(3)16-17(5)10(12)4/h8,11H,7H2,1-5H3,(H,15,18). The van der Waals surface area contributed by atoms with Gasteiger partial charge in [0.2, 0.25) is 5.91 Å². The summed E-state index contributed by atoms with van der Waals surface area (Å²) in [6.45, 7) is 8.04. The molecule has 18 heavy (non-hydrogen) atoms. The second-order valence-corrected chi connectivity index (χ2v) is 4.84. The summed E-state index contributed by atoms with van der Waals surface area (Å²) in [7, 11) is 1.87. The molecule has 1 rings (SSSR count). The van der Waals surface area contributed by atoms with E-state index in [0.717, 1.165) is 17.0 Å². The zero-order valence-electron chi connectivity index (χ0n) is 11.6. The highest BCUT2D eigenvalue weighted by Crippen LogP contribution is 2.13. The number of carbonyl (C=O) groups is 1. The van der Waals surface area contributed by atoms with Gasteiger partial charge in [-0.1, -0.05) is 13.8 Å². The molecule has 0 aliphatic heterocycles. The molecule has 1 heterocycles. The number of nitrogens with zero attached hydrogens (tertiary/aromatic N) is 3.